The topological polar surface area (TPSA) is 85.4 Å². The summed E-state index contributed by atoms with van der Waals surface area (Å²) >= 11 is 0. The summed E-state index contributed by atoms with van der Waals surface area (Å²) in [6.07, 6.45) is 1.53. The molecule has 25 heavy (non-hydrogen) atoms. The summed E-state index contributed by atoms with van der Waals surface area (Å²) in [6, 6.07) is 6.18. The number of nitriles is 1. The average molecular weight is 341 g/mol. The molecule has 0 aliphatic carbocycles. The fraction of sp³-hybridized carbons (Fsp3) is 0.474. The number of piperazine rings is 1. The number of amides is 1. The number of carbonyl (C=O) groups excluding carboxylic acids is 1. The molecule has 1 amide bonds. The molecule has 0 radical (unpaired) electrons. The maximum atomic E-state index is 12.6. The van der Waals surface area contributed by atoms with Crippen LogP contribution in [0.25, 0.3) is 0 Å². The first-order chi connectivity index (χ1) is 12.0. The molecule has 1 fully saturated rings. The Morgan fingerprint density at radius 3 is 2.36 bits per heavy atom. The Bertz CT molecular complexity index is 673. The van der Waals surface area contributed by atoms with Crippen LogP contribution in [0.15, 0.2) is 23.9 Å². The van der Waals surface area contributed by atoms with Gasteiger partial charge in [-0.3, -0.25) is 9.69 Å². The first kappa shape index (κ1) is 19.0. The minimum absolute atomic E-state index is 0.131. The number of hydrogen-bond acceptors (Lipinski definition) is 5. The maximum absolute atomic E-state index is 12.6. The van der Waals surface area contributed by atoms with Gasteiger partial charge >= 0.3 is 0 Å². The second-order valence-electron chi connectivity index (χ2n) is 6.51. The lowest BCUT2D eigenvalue weighted by molar-refractivity contribution is -0.128. The van der Waals surface area contributed by atoms with Crippen LogP contribution in [0.3, 0.4) is 0 Å². The van der Waals surface area contributed by atoms with Gasteiger partial charge in [-0.05, 0) is 31.9 Å². The van der Waals surface area contributed by atoms with Crippen LogP contribution in [0.5, 0.6) is 0 Å². The molecule has 6 heteroatoms. The summed E-state index contributed by atoms with van der Waals surface area (Å²) in [7, 11) is 0. The number of aryl methyl sites for hydroxylation is 3. The van der Waals surface area contributed by atoms with Gasteiger partial charge in [-0.2, -0.15) is 5.26 Å². The lowest BCUT2D eigenvalue weighted by Crippen LogP contribution is -2.50. The minimum Gasteiger partial charge on any atom is -0.360 e. The summed E-state index contributed by atoms with van der Waals surface area (Å²) in [4.78, 5) is 16.6. The van der Waals surface area contributed by atoms with E-state index in [0.29, 0.717) is 19.6 Å². The number of benzene rings is 1. The van der Waals surface area contributed by atoms with Crippen LogP contribution in [0.2, 0.25) is 0 Å². The number of rotatable bonds is 5. The number of anilines is 1. The third-order valence-electron chi connectivity index (χ3n) is 4.49. The molecular weight excluding hydrogens is 314 g/mol. The molecule has 134 valence electrons. The fourth-order valence-corrected chi connectivity index (χ4v) is 3.22. The average Bonchev–Trinajstić information content (AvgIpc) is 2.58. The third kappa shape index (κ3) is 4.81. The molecule has 1 aromatic rings. The quantitative estimate of drug-likeness (QED) is 0.627. The molecule has 2 rings (SSSR count). The van der Waals surface area contributed by atoms with Crippen LogP contribution >= 0.6 is 0 Å². The molecule has 0 aromatic heterocycles. The predicted molar refractivity (Wildman–Crippen MR) is 100 cm³/mol. The standard InChI is InChI=1S/C19H27N5O/c1-14-10-15(2)18(16(3)11-14)22-13-17(12-21)19(25)24-8-6-23(5-4-20)7-9-24/h10-11,13,22H,4-9,20H2,1-3H3/b17-13-. The zero-order valence-corrected chi connectivity index (χ0v) is 15.3. The highest BCUT2D eigenvalue weighted by Gasteiger charge is 2.23. The van der Waals surface area contributed by atoms with Gasteiger partial charge in [0.15, 0.2) is 0 Å². The Hall–Kier alpha value is -2.36. The van der Waals surface area contributed by atoms with E-state index in [1.807, 2.05) is 26.8 Å². The zero-order valence-electron chi connectivity index (χ0n) is 15.3. The highest BCUT2D eigenvalue weighted by molar-refractivity contribution is 5.97. The van der Waals surface area contributed by atoms with Crippen molar-refractivity contribution < 1.29 is 4.79 Å². The Balaban J connectivity index is 2.06. The Kier molecular flexibility index (Phi) is 6.57. The summed E-state index contributed by atoms with van der Waals surface area (Å²) in [5, 5.41) is 12.5. The molecule has 1 aliphatic heterocycles. The van der Waals surface area contributed by atoms with Crippen molar-refractivity contribution in [2.24, 2.45) is 5.73 Å². The SMILES string of the molecule is Cc1cc(C)c(N/C=C(/C#N)C(=O)N2CCN(CCN)CC2)c(C)c1. The van der Waals surface area contributed by atoms with Crippen molar-refractivity contribution in [1.82, 2.24) is 9.80 Å². The minimum atomic E-state index is -0.218. The van der Waals surface area contributed by atoms with Gasteiger partial charge < -0.3 is 16.0 Å². The molecule has 6 nitrogen and oxygen atoms in total. The first-order valence-electron chi connectivity index (χ1n) is 8.62. The van der Waals surface area contributed by atoms with Crippen molar-refractivity contribution in [2.75, 3.05) is 44.6 Å². The molecule has 1 aromatic carbocycles. The van der Waals surface area contributed by atoms with E-state index in [4.69, 9.17) is 5.73 Å². The number of nitrogens with one attached hydrogen (secondary N) is 1. The third-order valence-corrected chi connectivity index (χ3v) is 4.49. The summed E-state index contributed by atoms with van der Waals surface area (Å²) in [5.41, 5.74) is 10.0. The fourth-order valence-electron chi connectivity index (χ4n) is 3.22. The van der Waals surface area contributed by atoms with Crippen LogP contribution in [-0.2, 0) is 4.79 Å². The van der Waals surface area contributed by atoms with Crippen LogP contribution in [-0.4, -0.2) is 55.0 Å². The van der Waals surface area contributed by atoms with Gasteiger partial charge in [0.25, 0.3) is 5.91 Å². The highest BCUT2D eigenvalue weighted by atomic mass is 16.2. The van der Waals surface area contributed by atoms with Crippen molar-refractivity contribution in [3.63, 3.8) is 0 Å². The zero-order chi connectivity index (χ0) is 18.4. The maximum Gasteiger partial charge on any atom is 0.266 e. The van der Waals surface area contributed by atoms with E-state index in [0.717, 1.165) is 36.4 Å². The molecule has 0 atom stereocenters. The number of nitrogens with two attached hydrogens (primary N) is 1. The van der Waals surface area contributed by atoms with Crippen LogP contribution < -0.4 is 11.1 Å². The molecule has 1 aliphatic rings. The molecule has 0 unspecified atom stereocenters. The molecule has 1 saturated heterocycles. The van der Waals surface area contributed by atoms with E-state index in [1.54, 1.807) is 4.90 Å². The number of carbonyl (C=O) groups is 1. The van der Waals surface area contributed by atoms with Crippen LogP contribution in [0, 0.1) is 32.1 Å². The van der Waals surface area contributed by atoms with Crippen LogP contribution in [0.4, 0.5) is 5.69 Å². The second-order valence-corrected chi connectivity index (χ2v) is 6.51. The smallest absolute Gasteiger partial charge is 0.266 e. The Morgan fingerprint density at radius 1 is 1.24 bits per heavy atom. The van der Waals surface area contributed by atoms with Crippen LogP contribution in [0.1, 0.15) is 16.7 Å². The van der Waals surface area contributed by atoms with Crippen molar-refractivity contribution in [2.45, 2.75) is 20.8 Å². The van der Waals surface area contributed by atoms with Gasteiger partial charge in [0, 0.05) is 51.2 Å². The summed E-state index contributed by atoms with van der Waals surface area (Å²) in [5.74, 6) is -0.218. The lowest BCUT2D eigenvalue weighted by Gasteiger charge is -2.34. The molecule has 1 heterocycles. The van der Waals surface area contributed by atoms with Gasteiger partial charge in [-0.1, -0.05) is 17.7 Å². The first-order valence-corrected chi connectivity index (χ1v) is 8.62. The van der Waals surface area contributed by atoms with Crippen molar-refractivity contribution in [3.8, 4) is 6.07 Å². The monoisotopic (exact) mass is 341 g/mol. The van der Waals surface area contributed by atoms with E-state index in [2.05, 4.69) is 22.3 Å². The van der Waals surface area contributed by atoms with Gasteiger partial charge in [-0.15, -0.1) is 0 Å². The van der Waals surface area contributed by atoms with E-state index >= 15 is 0 Å². The summed E-state index contributed by atoms with van der Waals surface area (Å²) in [6.45, 7) is 10.4. The molecule has 0 spiro atoms. The lowest BCUT2D eigenvalue weighted by atomic mass is 10.1. The Morgan fingerprint density at radius 2 is 1.84 bits per heavy atom. The van der Waals surface area contributed by atoms with Crippen molar-refractivity contribution in [3.05, 3.63) is 40.6 Å². The highest BCUT2D eigenvalue weighted by Crippen LogP contribution is 2.22. The largest absolute Gasteiger partial charge is 0.360 e. The van der Waals surface area contributed by atoms with Gasteiger partial charge in [0.2, 0.25) is 0 Å². The molecular formula is C19H27N5O. The van der Waals surface area contributed by atoms with Gasteiger partial charge in [0.05, 0.1) is 0 Å². The van der Waals surface area contributed by atoms with E-state index in [9.17, 15) is 10.1 Å². The van der Waals surface area contributed by atoms with E-state index < -0.39 is 0 Å². The number of hydrogen-bond donors (Lipinski definition) is 2. The van der Waals surface area contributed by atoms with E-state index in [-0.39, 0.29) is 11.5 Å². The van der Waals surface area contributed by atoms with E-state index in [1.165, 1.54) is 11.8 Å². The van der Waals surface area contributed by atoms with Gasteiger partial charge in [0.1, 0.15) is 11.6 Å². The van der Waals surface area contributed by atoms with Gasteiger partial charge in [-0.25, -0.2) is 0 Å². The van der Waals surface area contributed by atoms with Crippen molar-refractivity contribution in [1.29, 1.82) is 5.26 Å². The molecule has 0 saturated carbocycles. The predicted octanol–water partition coefficient (Wildman–Crippen LogP) is 1.53. The molecule has 0 bridgehead atoms. The van der Waals surface area contributed by atoms with Crippen molar-refractivity contribution >= 4 is 11.6 Å². The summed E-state index contributed by atoms with van der Waals surface area (Å²) < 4.78 is 0. The molecule has 3 N–H and O–H groups in total. The second kappa shape index (κ2) is 8.65. The normalized spacial score (nSPS) is 15.8. The Labute approximate surface area is 149 Å². The number of nitrogens with zero attached hydrogens (tertiary/aromatic N) is 3.